The predicted molar refractivity (Wildman–Crippen MR) is 96.7 cm³/mol. The molecule has 25 heavy (non-hydrogen) atoms. The number of alkyl halides is 1. The number of amides is 1. The maximum absolute atomic E-state index is 13.8. The predicted octanol–water partition coefficient (Wildman–Crippen LogP) is 4.24. The summed E-state index contributed by atoms with van der Waals surface area (Å²) in [6, 6.07) is 5.27. The minimum atomic E-state index is -0.612. The number of halogens is 4. The van der Waals surface area contributed by atoms with Gasteiger partial charge in [0.2, 0.25) is 5.91 Å². The van der Waals surface area contributed by atoms with Crippen molar-refractivity contribution in [2.75, 3.05) is 17.3 Å². The monoisotopic (exact) mass is 386 g/mol. The van der Waals surface area contributed by atoms with Gasteiger partial charge in [-0.1, -0.05) is 19.9 Å². The van der Waals surface area contributed by atoms with E-state index in [0.717, 1.165) is 17.3 Å². The van der Waals surface area contributed by atoms with Gasteiger partial charge in [-0.25, -0.2) is 8.78 Å². The molecule has 3 nitrogen and oxygen atoms in total. The van der Waals surface area contributed by atoms with Crippen molar-refractivity contribution >= 4 is 35.6 Å². The van der Waals surface area contributed by atoms with E-state index in [1.165, 1.54) is 12.1 Å². The molecule has 0 bridgehead atoms. The van der Waals surface area contributed by atoms with Crippen molar-refractivity contribution in [1.82, 2.24) is 4.98 Å². The summed E-state index contributed by atoms with van der Waals surface area (Å²) in [6.07, 6.45) is 1.95. The minimum Gasteiger partial charge on any atom is -0.310 e. The van der Waals surface area contributed by atoms with Gasteiger partial charge in [-0.15, -0.1) is 24.0 Å². The van der Waals surface area contributed by atoms with Gasteiger partial charge in [0.15, 0.2) is 0 Å². The number of aromatic nitrogens is 1. The molecule has 0 atom stereocenters. The van der Waals surface area contributed by atoms with E-state index in [9.17, 15) is 13.6 Å². The van der Waals surface area contributed by atoms with Crippen LogP contribution >= 0.6 is 24.0 Å². The molecule has 0 radical (unpaired) electrons. The summed E-state index contributed by atoms with van der Waals surface area (Å²) in [5.41, 5.74) is 2.48. The number of carbonyl (C=O) groups is 1. The lowest BCUT2D eigenvalue weighted by atomic mass is 9.88. The van der Waals surface area contributed by atoms with Crippen LogP contribution in [0.25, 0.3) is 0 Å². The van der Waals surface area contributed by atoms with Crippen molar-refractivity contribution in [3.8, 4) is 0 Å². The van der Waals surface area contributed by atoms with E-state index in [1.54, 1.807) is 17.2 Å². The smallest absolute Gasteiger partial charge is 0.241 e. The van der Waals surface area contributed by atoms with Gasteiger partial charge in [0, 0.05) is 41.9 Å². The molecule has 1 aliphatic heterocycles. The molecular formula is C18H18Cl2F2N2O. The number of carbonyl (C=O) groups excluding carboxylic acids is 1. The van der Waals surface area contributed by atoms with Gasteiger partial charge < -0.3 is 4.90 Å². The van der Waals surface area contributed by atoms with Gasteiger partial charge in [0.25, 0.3) is 0 Å². The number of anilines is 1. The first-order valence-electron chi connectivity index (χ1n) is 7.61. The van der Waals surface area contributed by atoms with Crippen LogP contribution in [-0.4, -0.2) is 23.3 Å². The SMILES string of the molecule is CC1(C)CN(C(=O)CCl)c2cc(Cc3ccc(F)cc3F)ncc21.Cl. The molecular weight excluding hydrogens is 369 g/mol. The molecule has 1 aromatic heterocycles. The number of fused-ring (bicyclic) bond motifs is 1. The van der Waals surface area contributed by atoms with Crippen molar-refractivity contribution in [2.45, 2.75) is 25.7 Å². The Bertz CT molecular complexity index is 812. The molecule has 0 unspecified atom stereocenters. The molecule has 0 N–H and O–H groups in total. The molecule has 134 valence electrons. The highest BCUT2D eigenvalue weighted by molar-refractivity contribution is 6.29. The van der Waals surface area contributed by atoms with Crippen LogP contribution in [0.5, 0.6) is 0 Å². The third kappa shape index (κ3) is 3.77. The average molecular weight is 387 g/mol. The highest BCUT2D eigenvalue weighted by Gasteiger charge is 2.38. The molecule has 2 heterocycles. The molecule has 3 rings (SSSR count). The van der Waals surface area contributed by atoms with E-state index in [4.69, 9.17) is 11.6 Å². The largest absolute Gasteiger partial charge is 0.310 e. The van der Waals surface area contributed by atoms with Gasteiger partial charge in [0.05, 0.1) is 5.69 Å². The second-order valence-corrected chi connectivity index (χ2v) is 6.87. The summed E-state index contributed by atoms with van der Waals surface area (Å²) in [4.78, 5) is 18.1. The van der Waals surface area contributed by atoms with Crippen LogP contribution in [0.15, 0.2) is 30.5 Å². The Labute approximate surface area is 156 Å². The summed E-state index contributed by atoms with van der Waals surface area (Å²) >= 11 is 5.70. The Morgan fingerprint density at radius 3 is 2.68 bits per heavy atom. The second kappa shape index (κ2) is 7.26. The highest BCUT2D eigenvalue weighted by Crippen LogP contribution is 2.40. The fourth-order valence-electron chi connectivity index (χ4n) is 3.05. The molecule has 0 saturated carbocycles. The average Bonchev–Trinajstić information content (AvgIpc) is 2.80. The molecule has 1 aliphatic rings. The topological polar surface area (TPSA) is 33.2 Å². The lowest BCUT2D eigenvalue weighted by Gasteiger charge is -2.19. The first-order valence-corrected chi connectivity index (χ1v) is 8.15. The van der Waals surface area contributed by atoms with Gasteiger partial charge in [-0.05, 0) is 17.7 Å². The van der Waals surface area contributed by atoms with E-state index < -0.39 is 11.6 Å². The number of pyridine rings is 1. The summed E-state index contributed by atoms with van der Waals surface area (Å²) in [7, 11) is 0. The molecule has 7 heteroatoms. The fourth-order valence-corrected chi connectivity index (χ4v) is 3.19. The molecule has 0 fully saturated rings. The van der Waals surface area contributed by atoms with Crippen LogP contribution in [0.3, 0.4) is 0 Å². The van der Waals surface area contributed by atoms with Gasteiger partial charge in [0.1, 0.15) is 17.5 Å². The van der Waals surface area contributed by atoms with E-state index >= 15 is 0 Å². The molecule has 0 aliphatic carbocycles. The highest BCUT2D eigenvalue weighted by atomic mass is 35.5. The van der Waals surface area contributed by atoms with Crippen LogP contribution in [0.1, 0.15) is 30.7 Å². The Morgan fingerprint density at radius 1 is 1.32 bits per heavy atom. The van der Waals surface area contributed by atoms with Crippen LogP contribution in [0.2, 0.25) is 0 Å². The Hall–Kier alpha value is -1.72. The Balaban J connectivity index is 0.00000225. The van der Waals surface area contributed by atoms with E-state index in [-0.39, 0.29) is 36.0 Å². The van der Waals surface area contributed by atoms with Crippen LogP contribution in [-0.2, 0) is 16.6 Å². The van der Waals surface area contributed by atoms with Gasteiger partial charge in [-0.3, -0.25) is 9.78 Å². The Morgan fingerprint density at radius 2 is 2.04 bits per heavy atom. The third-order valence-electron chi connectivity index (χ3n) is 4.31. The van der Waals surface area contributed by atoms with Crippen LogP contribution < -0.4 is 4.90 Å². The normalized spacial score (nSPS) is 14.8. The molecule has 0 saturated heterocycles. The third-order valence-corrected chi connectivity index (χ3v) is 4.54. The van der Waals surface area contributed by atoms with Crippen molar-refractivity contribution in [1.29, 1.82) is 0 Å². The summed E-state index contributed by atoms with van der Waals surface area (Å²) in [5.74, 6) is -1.49. The molecule has 1 aromatic carbocycles. The lowest BCUT2D eigenvalue weighted by Crippen LogP contribution is -2.34. The summed E-state index contributed by atoms with van der Waals surface area (Å²) in [5, 5.41) is 0. The van der Waals surface area contributed by atoms with E-state index in [0.29, 0.717) is 17.8 Å². The Kier molecular flexibility index (Phi) is 5.69. The number of hydrogen-bond acceptors (Lipinski definition) is 2. The zero-order chi connectivity index (χ0) is 17.5. The van der Waals surface area contributed by atoms with Gasteiger partial charge >= 0.3 is 0 Å². The number of rotatable bonds is 3. The molecule has 0 spiro atoms. The lowest BCUT2D eigenvalue weighted by molar-refractivity contribution is -0.116. The maximum atomic E-state index is 13.8. The standard InChI is InChI=1S/C18H17ClF2N2O.ClH/c1-18(2)10-23(17(24)8-19)16-7-13(22-9-14(16)18)5-11-3-4-12(20)6-15(11)21;/h3-4,6-7,9H,5,8,10H2,1-2H3;1H. The molecule has 1 amide bonds. The first-order chi connectivity index (χ1) is 11.3. The van der Waals surface area contributed by atoms with Crippen molar-refractivity contribution < 1.29 is 13.6 Å². The first kappa shape index (κ1) is 19.6. The zero-order valence-corrected chi connectivity index (χ0v) is 15.4. The number of benzene rings is 1. The van der Waals surface area contributed by atoms with Crippen LogP contribution in [0.4, 0.5) is 14.5 Å². The summed E-state index contributed by atoms with van der Waals surface area (Å²) in [6.45, 7) is 4.60. The quantitative estimate of drug-likeness (QED) is 0.739. The van der Waals surface area contributed by atoms with Crippen molar-refractivity contribution in [3.63, 3.8) is 0 Å². The number of nitrogens with zero attached hydrogens (tertiary/aromatic N) is 2. The number of hydrogen-bond donors (Lipinski definition) is 0. The van der Waals surface area contributed by atoms with Crippen LogP contribution in [0, 0.1) is 11.6 Å². The minimum absolute atomic E-state index is 0. The molecule has 2 aromatic rings. The summed E-state index contributed by atoms with van der Waals surface area (Å²) < 4.78 is 26.9. The van der Waals surface area contributed by atoms with Crippen molar-refractivity contribution in [3.05, 3.63) is 58.9 Å². The van der Waals surface area contributed by atoms with E-state index in [2.05, 4.69) is 4.98 Å². The fraction of sp³-hybridized carbons (Fsp3) is 0.333. The second-order valence-electron chi connectivity index (χ2n) is 6.60. The van der Waals surface area contributed by atoms with Crippen molar-refractivity contribution in [2.24, 2.45) is 0 Å². The maximum Gasteiger partial charge on any atom is 0.241 e. The zero-order valence-electron chi connectivity index (χ0n) is 13.9. The van der Waals surface area contributed by atoms with E-state index in [1.807, 2.05) is 13.8 Å². The van der Waals surface area contributed by atoms with Gasteiger partial charge in [-0.2, -0.15) is 0 Å².